The lowest BCUT2D eigenvalue weighted by Crippen LogP contribution is -2.47. The molecule has 23 heavy (non-hydrogen) atoms. The molecule has 1 rings (SSSR count). The zero-order chi connectivity index (χ0) is 16.8. The second kappa shape index (κ2) is 10.2. The van der Waals surface area contributed by atoms with E-state index < -0.39 is 0 Å². The first-order valence-electron chi connectivity index (χ1n) is 7.27. The summed E-state index contributed by atoms with van der Waals surface area (Å²) < 4.78 is 11.6. The van der Waals surface area contributed by atoms with E-state index in [0.717, 1.165) is 22.5 Å². The quantitative estimate of drug-likeness (QED) is 0.366. The molecule has 0 spiro atoms. The summed E-state index contributed by atoms with van der Waals surface area (Å²) in [5, 5.41) is 6.61. The molecular formula is C16H27BrIN3O2. The molecule has 0 aliphatic rings. The van der Waals surface area contributed by atoms with Crippen molar-refractivity contribution in [1.82, 2.24) is 10.6 Å². The van der Waals surface area contributed by atoms with E-state index in [1.54, 1.807) is 14.2 Å². The maximum absolute atomic E-state index is 5.34. The number of benzene rings is 1. The third-order valence-corrected chi connectivity index (χ3v) is 3.54. The molecule has 0 fully saturated rings. The number of halogens is 2. The SMILES string of the molecule is CCNC(=NCc1cc(OC)c(OC)cc1Br)NC(C)(C)C.I. The van der Waals surface area contributed by atoms with E-state index in [2.05, 4.69) is 52.3 Å². The van der Waals surface area contributed by atoms with Crippen LogP contribution >= 0.6 is 39.9 Å². The van der Waals surface area contributed by atoms with Gasteiger partial charge in [0.1, 0.15) is 0 Å². The predicted molar refractivity (Wildman–Crippen MR) is 110 cm³/mol. The fourth-order valence-corrected chi connectivity index (χ4v) is 2.29. The largest absolute Gasteiger partial charge is 0.493 e. The van der Waals surface area contributed by atoms with Gasteiger partial charge in [-0.2, -0.15) is 0 Å². The van der Waals surface area contributed by atoms with E-state index in [4.69, 9.17) is 9.47 Å². The molecule has 0 bridgehead atoms. The third kappa shape index (κ3) is 7.60. The highest BCUT2D eigenvalue weighted by atomic mass is 127. The Kier molecular flexibility index (Phi) is 9.91. The number of methoxy groups -OCH3 is 2. The maximum Gasteiger partial charge on any atom is 0.191 e. The van der Waals surface area contributed by atoms with Crippen molar-refractivity contribution in [3.63, 3.8) is 0 Å². The summed E-state index contributed by atoms with van der Waals surface area (Å²) in [4.78, 5) is 4.63. The van der Waals surface area contributed by atoms with Crippen molar-refractivity contribution in [1.29, 1.82) is 0 Å². The summed E-state index contributed by atoms with van der Waals surface area (Å²) >= 11 is 3.56. The number of hydrogen-bond acceptors (Lipinski definition) is 3. The molecule has 0 unspecified atom stereocenters. The highest BCUT2D eigenvalue weighted by Crippen LogP contribution is 2.33. The van der Waals surface area contributed by atoms with Gasteiger partial charge in [-0.3, -0.25) is 0 Å². The zero-order valence-electron chi connectivity index (χ0n) is 14.6. The standard InChI is InChI=1S/C16H26BrN3O2.HI/c1-7-18-15(20-16(2,3)4)19-10-11-8-13(21-5)14(22-6)9-12(11)17;/h8-9H,7,10H2,1-6H3,(H2,18,19,20);1H. The Morgan fingerprint density at radius 1 is 1.17 bits per heavy atom. The van der Waals surface area contributed by atoms with Crippen LogP contribution in [-0.4, -0.2) is 32.3 Å². The minimum Gasteiger partial charge on any atom is -0.493 e. The second-order valence-electron chi connectivity index (χ2n) is 5.87. The lowest BCUT2D eigenvalue weighted by molar-refractivity contribution is 0.354. The average molecular weight is 500 g/mol. The Morgan fingerprint density at radius 3 is 2.22 bits per heavy atom. The Bertz CT molecular complexity index is 531. The van der Waals surface area contributed by atoms with E-state index in [0.29, 0.717) is 18.0 Å². The third-order valence-electron chi connectivity index (χ3n) is 2.80. The predicted octanol–water partition coefficient (Wildman–Crippen LogP) is 3.94. The second-order valence-corrected chi connectivity index (χ2v) is 6.72. The minimum atomic E-state index is -0.0458. The number of rotatable bonds is 5. The fourth-order valence-electron chi connectivity index (χ4n) is 1.84. The van der Waals surface area contributed by atoms with E-state index in [1.165, 1.54) is 0 Å². The van der Waals surface area contributed by atoms with E-state index in [-0.39, 0.29) is 29.5 Å². The van der Waals surface area contributed by atoms with Crippen LogP contribution in [0.3, 0.4) is 0 Å². The molecule has 0 amide bonds. The molecule has 7 heteroatoms. The number of ether oxygens (including phenoxy) is 2. The molecule has 0 heterocycles. The number of aliphatic imine (C=N–C) groups is 1. The van der Waals surface area contributed by atoms with Crippen LogP contribution in [0, 0.1) is 0 Å². The lowest BCUT2D eigenvalue weighted by Gasteiger charge is -2.23. The van der Waals surface area contributed by atoms with Gasteiger partial charge in [-0.25, -0.2) is 4.99 Å². The molecule has 0 saturated carbocycles. The number of nitrogens with one attached hydrogen (secondary N) is 2. The van der Waals surface area contributed by atoms with Gasteiger partial charge in [-0.1, -0.05) is 15.9 Å². The number of nitrogens with zero attached hydrogens (tertiary/aromatic N) is 1. The van der Waals surface area contributed by atoms with Crippen molar-refractivity contribution >= 4 is 45.9 Å². The summed E-state index contributed by atoms with van der Waals surface area (Å²) in [5.74, 6) is 2.18. The Hall–Kier alpha value is -0.700. The Balaban J connectivity index is 0.00000484. The van der Waals surface area contributed by atoms with Crippen LogP contribution < -0.4 is 20.1 Å². The highest BCUT2D eigenvalue weighted by Gasteiger charge is 2.13. The van der Waals surface area contributed by atoms with Gasteiger partial charge in [0.05, 0.1) is 20.8 Å². The molecule has 0 saturated heterocycles. The molecular weight excluding hydrogens is 473 g/mol. The average Bonchev–Trinajstić information content (AvgIpc) is 2.44. The van der Waals surface area contributed by atoms with Crippen LogP contribution in [0.5, 0.6) is 11.5 Å². The van der Waals surface area contributed by atoms with Gasteiger partial charge in [0.2, 0.25) is 0 Å². The highest BCUT2D eigenvalue weighted by molar-refractivity contribution is 14.0. The monoisotopic (exact) mass is 499 g/mol. The van der Waals surface area contributed by atoms with Crippen molar-refractivity contribution in [2.45, 2.75) is 39.8 Å². The van der Waals surface area contributed by atoms with Crippen molar-refractivity contribution < 1.29 is 9.47 Å². The van der Waals surface area contributed by atoms with Gasteiger partial charge in [-0.05, 0) is 45.4 Å². The van der Waals surface area contributed by atoms with Gasteiger partial charge >= 0.3 is 0 Å². The van der Waals surface area contributed by atoms with E-state index in [9.17, 15) is 0 Å². The molecule has 0 aromatic heterocycles. The molecule has 132 valence electrons. The Labute approximate surface area is 164 Å². The molecule has 1 aromatic carbocycles. The van der Waals surface area contributed by atoms with E-state index >= 15 is 0 Å². The summed E-state index contributed by atoms with van der Waals surface area (Å²) in [6.07, 6.45) is 0. The molecule has 0 radical (unpaired) electrons. The normalized spacial score (nSPS) is 11.5. The molecule has 5 nitrogen and oxygen atoms in total. The van der Waals surface area contributed by atoms with Crippen LogP contribution in [0.4, 0.5) is 0 Å². The molecule has 0 aliphatic heterocycles. The lowest BCUT2D eigenvalue weighted by atomic mass is 10.1. The smallest absolute Gasteiger partial charge is 0.191 e. The first-order chi connectivity index (χ1) is 10.3. The van der Waals surface area contributed by atoms with Gasteiger partial charge in [0.25, 0.3) is 0 Å². The zero-order valence-corrected chi connectivity index (χ0v) is 18.5. The fraction of sp³-hybridized carbons (Fsp3) is 0.562. The van der Waals surface area contributed by atoms with Gasteiger partial charge in [-0.15, -0.1) is 24.0 Å². The van der Waals surface area contributed by atoms with Gasteiger partial charge in [0.15, 0.2) is 17.5 Å². The first-order valence-corrected chi connectivity index (χ1v) is 8.07. The van der Waals surface area contributed by atoms with Crippen molar-refractivity contribution in [2.75, 3.05) is 20.8 Å². The van der Waals surface area contributed by atoms with Crippen molar-refractivity contribution in [3.8, 4) is 11.5 Å². The van der Waals surface area contributed by atoms with Crippen LogP contribution in [0.15, 0.2) is 21.6 Å². The van der Waals surface area contributed by atoms with Gasteiger partial charge in [0, 0.05) is 16.6 Å². The molecule has 0 atom stereocenters. The molecule has 2 N–H and O–H groups in total. The van der Waals surface area contributed by atoms with Crippen molar-refractivity contribution in [3.05, 3.63) is 22.2 Å². The van der Waals surface area contributed by atoms with E-state index in [1.807, 2.05) is 19.1 Å². The topological polar surface area (TPSA) is 54.9 Å². The molecule has 0 aliphatic carbocycles. The maximum atomic E-state index is 5.34. The number of hydrogen-bond donors (Lipinski definition) is 2. The minimum absolute atomic E-state index is 0. The van der Waals surface area contributed by atoms with Crippen LogP contribution in [0.2, 0.25) is 0 Å². The summed E-state index contributed by atoms with van der Waals surface area (Å²) in [6, 6.07) is 3.83. The van der Waals surface area contributed by atoms with Crippen LogP contribution in [-0.2, 0) is 6.54 Å². The van der Waals surface area contributed by atoms with Crippen molar-refractivity contribution in [2.24, 2.45) is 4.99 Å². The summed E-state index contributed by atoms with van der Waals surface area (Å²) in [6.45, 7) is 9.71. The number of guanidine groups is 1. The molecule has 1 aromatic rings. The Morgan fingerprint density at radius 2 is 1.74 bits per heavy atom. The van der Waals surface area contributed by atoms with Crippen LogP contribution in [0.25, 0.3) is 0 Å². The summed E-state index contributed by atoms with van der Waals surface area (Å²) in [7, 11) is 3.25. The van der Waals surface area contributed by atoms with Crippen LogP contribution in [0.1, 0.15) is 33.3 Å². The summed E-state index contributed by atoms with van der Waals surface area (Å²) in [5.41, 5.74) is 0.985. The van der Waals surface area contributed by atoms with Gasteiger partial charge < -0.3 is 20.1 Å². The first kappa shape index (κ1) is 22.3.